The van der Waals surface area contributed by atoms with Gasteiger partial charge >= 0.3 is 0 Å². The molecule has 0 N–H and O–H groups in total. The van der Waals surface area contributed by atoms with Crippen molar-refractivity contribution in [1.29, 1.82) is 0 Å². The predicted molar refractivity (Wildman–Crippen MR) is 135 cm³/mol. The van der Waals surface area contributed by atoms with Crippen LogP contribution in [0.5, 0.6) is 0 Å². The number of hydrogen-bond donors (Lipinski definition) is 0. The highest BCUT2D eigenvalue weighted by atomic mass is 19.1. The van der Waals surface area contributed by atoms with Crippen LogP contribution < -0.4 is 0 Å². The lowest BCUT2D eigenvalue weighted by atomic mass is 9.67. The highest BCUT2D eigenvalue weighted by molar-refractivity contribution is 5.79. The van der Waals surface area contributed by atoms with Gasteiger partial charge in [-0.05, 0) is 41.8 Å². The normalized spacial score (nSPS) is 25.2. The number of benzene rings is 3. The number of rotatable bonds is 7. The van der Waals surface area contributed by atoms with E-state index in [2.05, 4.69) is 29.2 Å². The third-order valence-electron chi connectivity index (χ3n) is 7.66. The molecule has 36 heavy (non-hydrogen) atoms. The summed E-state index contributed by atoms with van der Waals surface area (Å²) in [6, 6.07) is 24.3. The minimum Gasteiger partial charge on any atom is -0.372 e. The lowest BCUT2D eigenvalue weighted by Gasteiger charge is -2.56. The van der Waals surface area contributed by atoms with Gasteiger partial charge in [-0.2, -0.15) is 0 Å². The molecule has 0 spiro atoms. The van der Waals surface area contributed by atoms with Crippen LogP contribution in [0.2, 0.25) is 0 Å². The van der Waals surface area contributed by atoms with Gasteiger partial charge in [-0.25, -0.2) is 8.78 Å². The lowest BCUT2D eigenvalue weighted by Crippen LogP contribution is -2.66. The standard InChI is InChI=1S/C30H32F2N2O2/c1-33(2)30(35)26-18-34-14-13-25(26)29(36-19-20-15-23(31)17-24(32)16-20)28(34)27(21-9-5-3-6-10-21)22-11-7-4-8-12-22/h3-12,15-17,25-29H,13-14,18-19H2,1-2H3/t25-,26-,28+,29+/m1/s1. The molecule has 1 amide bonds. The smallest absolute Gasteiger partial charge is 0.226 e. The number of amides is 1. The molecule has 6 rings (SSSR count). The Morgan fingerprint density at radius 1 is 0.972 bits per heavy atom. The minimum atomic E-state index is -0.619. The third-order valence-corrected chi connectivity index (χ3v) is 7.66. The number of carbonyl (C=O) groups is 1. The Morgan fingerprint density at radius 2 is 1.56 bits per heavy atom. The van der Waals surface area contributed by atoms with E-state index in [0.717, 1.165) is 19.0 Å². The van der Waals surface area contributed by atoms with Gasteiger partial charge in [-0.3, -0.25) is 9.69 Å². The summed E-state index contributed by atoms with van der Waals surface area (Å²) >= 11 is 0. The molecular weight excluding hydrogens is 458 g/mol. The Hall–Kier alpha value is -3.09. The van der Waals surface area contributed by atoms with E-state index in [1.165, 1.54) is 23.3 Å². The van der Waals surface area contributed by atoms with E-state index >= 15 is 0 Å². The van der Waals surface area contributed by atoms with Crippen molar-refractivity contribution in [3.63, 3.8) is 0 Å². The number of hydrogen-bond acceptors (Lipinski definition) is 3. The van der Waals surface area contributed by atoms with Gasteiger partial charge in [0.1, 0.15) is 11.6 Å². The first-order chi connectivity index (χ1) is 17.4. The van der Waals surface area contributed by atoms with Crippen LogP contribution in [0.1, 0.15) is 29.0 Å². The molecule has 3 aromatic carbocycles. The zero-order valence-corrected chi connectivity index (χ0v) is 20.7. The van der Waals surface area contributed by atoms with E-state index in [1.54, 1.807) is 19.0 Å². The molecule has 3 fully saturated rings. The van der Waals surface area contributed by atoms with Crippen LogP contribution >= 0.6 is 0 Å². The van der Waals surface area contributed by atoms with Crippen molar-refractivity contribution in [2.45, 2.75) is 31.1 Å². The number of nitrogens with zero attached hydrogens (tertiary/aromatic N) is 2. The summed E-state index contributed by atoms with van der Waals surface area (Å²) in [4.78, 5) is 17.2. The van der Waals surface area contributed by atoms with Crippen molar-refractivity contribution in [1.82, 2.24) is 9.80 Å². The quantitative estimate of drug-likeness (QED) is 0.463. The summed E-state index contributed by atoms with van der Waals surface area (Å²) in [5, 5.41) is 0. The third kappa shape index (κ3) is 4.93. The van der Waals surface area contributed by atoms with Crippen LogP contribution in [-0.2, 0) is 16.1 Å². The highest BCUT2D eigenvalue weighted by Crippen LogP contribution is 2.46. The molecule has 0 aromatic heterocycles. The maximum Gasteiger partial charge on any atom is 0.226 e. The SMILES string of the molecule is CN(C)C(=O)[C@@H]1CN2CC[C@H]1[C@H](OCc1cc(F)cc(F)c1)[C@@H]2C(c1ccccc1)c1ccccc1. The topological polar surface area (TPSA) is 32.8 Å². The Kier molecular flexibility index (Phi) is 7.17. The van der Waals surface area contributed by atoms with Crippen LogP contribution in [0.25, 0.3) is 0 Å². The summed E-state index contributed by atoms with van der Waals surface area (Å²) in [5.74, 6) is -1.27. The van der Waals surface area contributed by atoms with Crippen LogP contribution in [0.15, 0.2) is 78.9 Å². The minimum absolute atomic E-state index is 0.0156. The van der Waals surface area contributed by atoms with Gasteiger partial charge in [-0.15, -0.1) is 0 Å². The molecule has 0 saturated carbocycles. The molecule has 3 aliphatic rings. The molecule has 188 valence electrons. The average molecular weight is 491 g/mol. The van der Waals surface area contributed by atoms with Crippen molar-refractivity contribution < 1.29 is 18.3 Å². The van der Waals surface area contributed by atoms with E-state index in [4.69, 9.17) is 4.74 Å². The highest BCUT2D eigenvalue weighted by Gasteiger charge is 2.53. The predicted octanol–water partition coefficient (Wildman–Crippen LogP) is 5.09. The van der Waals surface area contributed by atoms with Gasteiger partial charge < -0.3 is 9.64 Å². The van der Waals surface area contributed by atoms with E-state index in [1.807, 2.05) is 36.4 Å². The fraction of sp³-hybridized carbons (Fsp3) is 0.367. The van der Waals surface area contributed by atoms with Gasteiger partial charge in [0.15, 0.2) is 0 Å². The van der Waals surface area contributed by atoms with Gasteiger partial charge in [0.25, 0.3) is 0 Å². The summed E-state index contributed by atoms with van der Waals surface area (Å²) in [7, 11) is 3.58. The fourth-order valence-electron chi connectivity index (χ4n) is 6.13. The first kappa shape index (κ1) is 24.6. The zero-order valence-electron chi connectivity index (χ0n) is 20.7. The molecule has 0 radical (unpaired) electrons. The van der Waals surface area contributed by atoms with Crippen LogP contribution in [-0.4, -0.2) is 55.0 Å². The zero-order chi connectivity index (χ0) is 25.2. The molecule has 3 aromatic rings. The summed E-state index contributed by atoms with van der Waals surface area (Å²) < 4.78 is 34.4. The van der Waals surface area contributed by atoms with Gasteiger partial charge in [0, 0.05) is 44.6 Å². The van der Waals surface area contributed by atoms with Gasteiger partial charge in [-0.1, -0.05) is 60.7 Å². The molecule has 1 unspecified atom stereocenters. The maximum absolute atomic E-state index is 13.9. The molecule has 5 atom stereocenters. The summed E-state index contributed by atoms with van der Waals surface area (Å²) in [6.07, 6.45) is 0.567. The number of ether oxygens (including phenoxy) is 1. The van der Waals surface area contributed by atoms with E-state index in [-0.39, 0.29) is 42.4 Å². The summed E-state index contributed by atoms with van der Waals surface area (Å²) in [5.41, 5.74) is 2.82. The first-order valence-corrected chi connectivity index (χ1v) is 12.5. The second kappa shape index (κ2) is 10.5. The molecule has 6 heteroatoms. The van der Waals surface area contributed by atoms with Crippen LogP contribution in [0.4, 0.5) is 8.78 Å². The average Bonchev–Trinajstić information content (AvgIpc) is 2.88. The van der Waals surface area contributed by atoms with E-state index < -0.39 is 11.6 Å². The molecule has 4 nitrogen and oxygen atoms in total. The molecule has 3 aliphatic heterocycles. The Bertz CT molecular complexity index is 1130. The Morgan fingerprint density at radius 3 is 2.11 bits per heavy atom. The van der Waals surface area contributed by atoms with Gasteiger partial charge in [0.05, 0.1) is 18.6 Å². The van der Waals surface area contributed by atoms with Crippen LogP contribution in [0, 0.1) is 23.5 Å². The van der Waals surface area contributed by atoms with Crippen molar-refractivity contribution in [2.24, 2.45) is 11.8 Å². The Balaban J connectivity index is 1.54. The molecule has 0 aliphatic carbocycles. The number of piperidine rings is 3. The molecular formula is C30H32F2N2O2. The van der Waals surface area contributed by atoms with Crippen molar-refractivity contribution in [2.75, 3.05) is 27.2 Å². The van der Waals surface area contributed by atoms with Crippen LogP contribution in [0.3, 0.4) is 0 Å². The second-order valence-electron chi connectivity index (χ2n) is 10.1. The monoisotopic (exact) mass is 490 g/mol. The van der Waals surface area contributed by atoms with Crippen molar-refractivity contribution >= 4 is 5.91 Å². The first-order valence-electron chi connectivity index (χ1n) is 12.5. The van der Waals surface area contributed by atoms with E-state index in [9.17, 15) is 13.6 Å². The maximum atomic E-state index is 13.9. The fourth-order valence-corrected chi connectivity index (χ4v) is 6.13. The van der Waals surface area contributed by atoms with E-state index in [0.29, 0.717) is 12.1 Å². The number of carbonyl (C=O) groups excluding carboxylic acids is 1. The number of fused-ring (bicyclic) bond motifs is 3. The number of halogens is 2. The van der Waals surface area contributed by atoms with Gasteiger partial charge in [0.2, 0.25) is 5.91 Å². The lowest BCUT2D eigenvalue weighted by molar-refractivity contribution is -0.165. The van der Waals surface area contributed by atoms with Crippen molar-refractivity contribution in [3.8, 4) is 0 Å². The second-order valence-corrected chi connectivity index (χ2v) is 10.1. The molecule has 3 heterocycles. The largest absolute Gasteiger partial charge is 0.372 e. The summed E-state index contributed by atoms with van der Waals surface area (Å²) in [6.45, 7) is 1.65. The van der Waals surface area contributed by atoms with Crippen molar-refractivity contribution in [3.05, 3.63) is 107 Å². The molecule has 2 bridgehead atoms. The Labute approximate surface area is 211 Å². The molecule has 3 saturated heterocycles.